The number of nitrogens with zero attached hydrogens (tertiary/aromatic N) is 4. The molecule has 0 amide bonds. The molecule has 1 saturated heterocycles. The van der Waals surface area contributed by atoms with Gasteiger partial charge in [-0.2, -0.15) is 4.98 Å². The molecule has 0 bridgehead atoms. The van der Waals surface area contributed by atoms with Crippen molar-refractivity contribution >= 4 is 5.96 Å². The molecule has 1 unspecified atom stereocenters. The second kappa shape index (κ2) is 6.51. The summed E-state index contributed by atoms with van der Waals surface area (Å²) in [6.07, 6.45) is 1.13. The molecule has 0 radical (unpaired) electrons. The average molecular weight is 267 g/mol. The van der Waals surface area contributed by atoms with E-state index >= 15 is 0 Å². The van der Waals surface area contributed by atoms with E-state index in [9.17, 15) is 0 Å². The average Bonchev–Trinajstić information content (AvgIpc) is 3.01. The first-order valence-corrected chi connectivity index (χ1v) is 6.46. The molecular formula is C12H21N5O2. The first kappa shape index (κ1) is 13.8. The van der Waals surface area contributed by atoms with Crippen molar-refractivity contribution in [3.8, 4) is 0 Å². The van der Waals surface area contributed by atoms with Crippen LogP contribution in [-0.4, -0.2) is 54.9 Å². The highest BCUT2D eigenvalue weighted by Crippen LogP contribution is 2.16. The van der Waals surface area contributed by atoms with Gasteiger partial charge in [-0.25, -0.2) is 0 Å². The van der Waals surface area contributed by atoms with Crippen LogP contribution >= 0.6 is 0 Å². The summed E-state index contributed by atoms with van der Waals surface area (Å²) in [5.74, 6) is 2.67. The van der Waals surface area contributed by atoms with E-state index in [1.807, 2.05) is 0 Å². The first-order chi connectivity index (χ1) is 9.22. The van der Waals surface area contributed by atoms with Crippen LogP contribution in [-0.2, 0) is 11.3 Å². The smallest absolute Gasteiger partial charge is 0.246 e. The maximum absolute atomic E-state index is 5.20. The molecule has 0 aromatic carbocycles. The lowest BCUT2D eigenvalue weighted by atomic mass is 10.1. The van der Waals surface area contributed by atoms with Crippen LogP contribution in [0.4, 0.5) is 0 Å². The van der Waals surface area contributed by atoms with Crippen molar-refractivity contribution in [1.29, 1.82) is 0 Å². The molecule has 19 heavy (non-hydrogen) atoms. The van der Waals surface area contributed by atoms with Crippen molar-refractivity contribution < 1.29 is 9.26 Å². The van der Waals surface area contributed by atoms with Gasteiger partial charge in [0.25, 0.3) is 0 Å². The van der Waals surface area contributed by atoms with Crippen LogP contribution in [0.3, 0.4) is 0 Å². The molecule has 106 valence electrons. The van der Waals surface area contributed by atoms with Crippen LogP contribution < -0.4 is 5.32 Å². The van der Waals surface area contributed by atoms with Gasteiger partial charge in [-0.05, 0) is 13.3 Å². The second-order valence-corrected chi connectivity index (χ2v) is 4.69. The lowest BCUT2D eigenvalue weighted by Gasteiger charge is -2.20. The van der Waals surface area contributed by atoms with E-state index in [4.69, 9.17) is 9.26 Å². The highest BCUT2D eigenvalue weighted by Gasteiger charge is 2.24. The minimum Gasteiger partial charge on any atom is -0.384 e. The van der Waals surface area contributed by atoms with E-state index in [0.29, 0.717) is 24.2 Å². The number of methoxy groups -OCH3 is 1. The molecule has 1 atom stereocenters. The van der Waals surface area contributed by atoms with Gasteiger partial charge >= 0.3 is 0 Å². The fourth-order valence-corrected chi connectivity index (χ4v) is 2.30. The zero-order valence-electron chi connectivity index (χ0n) is 11.7. The molecule has 1 aromatic rings. The molecule has 1 aromatic heterocycles. The van der Waals surface area contributed by atoms with Crippen LogP contribution in [0.2, 0.25) is 0 Å². The number of rotatable bonds is 4. The molecule has 1 aliphatic heterocycles. The third kappa shape index (κ3) is 3.66. The Kier molecular flexibility index (Phi) is 4.73. The Morgan fingerprint density at radius 1 is 1.63 bits per heavy atom. The molecule has 7 nitrogen and oxygen atoms in total. The summed E-state index contributed by atoms with van der Waals surface area (Å²) in [5.41, 5.74) is 0. The Labute approximate surface area is 113 Å². The van der Waals surface area contributed by atoms with Gasteiger partial charge in [0.2, 0.25) is 5.89 Å². The number of aliphatic imine (C=N–C) groups is 1. The van der Waals surface area contributed by atoms with E-state index in [0.717, 1.165) is 32.1 Å². The number of likely N-dealkylation sites (tertiary alicyclic amines) is 1. The molecule has 1 N–H and O–H groups in total. The third-order valence-corrected chi connectivity index (χ3v) is 3.17. The summed E-state index contributed by atoms with van der Waals surface area (Å²) in [6, 6.07) is 0. The van der Waals surface area contributed by atoms with Gasteiger partial charge in [0.15, 0.2) is 11.8 Å². The van der Waals surface area contributed by atoms with Crippen molar-refractivity contribution in [2.45, 2.75) is 19.9 Å². The SMILES string of the molecule is CN=C(NCc1nc(C)no1)N1CCC(COC)C1. The quantitative estimate of drug-likeness (QED) is 0.629. The number of hydrogen-bond donors (Lipinski definition) is 1. The predicted octanol–water partition coefficient (Wildman–Crippen LogP) is 0.422. The number of aromatic nitrogens is 2. The van der Waals surface area contributed by atoms with Gasteiger partial charge in [0.1, 0.15) is 0 Å². The molecule has 1 aliphatic rings. The minimum atomic E-state index is 0.499. The Hall–Kier alpha value is -1.63. The minimum absolute atomic E-state index is 0.499. The summed E-state index contributed by atoms with van der Waals surface area (Å²) in [4.78, 5) is 10.7. The summed E-state index contributed by atoms with van der Waals surface area (Å²) in [6.45, 7) is 5.07. The Balaban J connectivity index is 1.84. The molecule has 7 heteroatoms. The number of aryl methyl sites for hydroxylation is 1. The lowest BCUT2D eigenvalue weighted by molar-refractivity contribution is 0.157. The van der Waals surface area contributed by atoms with Crippen molar-refractivity contribution in [2.75, 3.05) is 33.9 Å². The Morgan fingerprint density at radius 3 is 3.11 bits per heavy atom. The highest BCUT2D eigenvalue weighted by atomic mass is 16.5. The zero-order chi connectivity index (χ0) is 13.7. The molecule has 0 spiro atoms. The van der Waals surface area contributed by atoms with Crippen molar-refractivity contribution in [2.24, 2.45) is 10.9 Å². The van der Waals surface area contributed by atoms with Crippen LogP contribution in [0, 0.1) is 12.8 Å². The molecule has 2 heterocycles. The van der Waals surface area contributed by atoms with Gasteiger partial charge in [-0.1, -0.05) is 5.16 Å². The van der Waals surface area contributed by atoms with Crippen LogP contribution in [0.25, 0.3) is 0 Å². The van der Waals surface area contributed by atoms with E-state index in [-0.39, 0.29) is 0 Å². The highest BCUT2D eigenvalue weighted by molar-refractivity contribution is 5.80. The third-order valence-electron chi connectivity index (χ3n) is 3.17. The summed E-state index contributed by atoms with van der Waals surface area (Å²) < 4.78 is 10.3. The number of guanidine groups is 1. The number of hydrogen-bond acceptors (Lipinski definition) is 5. The summed E-state index contributed by atoms with van der Waals surface area (Å²) in [5, 5.41) is 7.00. The standard InChI is InChI=1S/C12H21N5O2/c1-9-15-11(19-16-9)6-14-12(13-2)17-5-4-10(7-17)8-18-3/h10H,4-8H2,1-3H3,(H,13,14). The summed E-state index contributed by atoms with van der Waals surface area (Å²) in [7, 11) is 3.53. The molecular weight excluding hydrogens is 246 g/mol. The normalized spacial score (nSPS) is 20.1. The van der Waals surface area contributed by atoms with Crippen LogP contribution in [0.5, 0.6) is 0 Å². The molecule has 0 aliphatic carbocycles. The van der Waals surface area contributed by atoms with E-state index in [2.05, 4.69) is 25.3 Å². The van der Waals surface area contributed by atoms with Gasteiger partial charge in [0, 0.05) is 33.2 Å². The van der Waals surface area contributed by atoms with Gasteiger partial charge in [0.05, 0.1) is 13.2 Å². The van der Waals surface area contributed by atoms with Crippen molar-refractivity contribution in [1.82, 2.24) is 20.4 Å². The Bertz CT molecular complexity index is 432. The van der Waals surface area contributed by atoms with Crippen molar-refractivity contribution in [3.05, 3.63) is 11.7 Å². The topological polar surface area (TPSA) is 75.8 Å². The first-order valence-electron chi connectivity index (χ1n) is 6.46. The van der Waals surface area contributed by atoms with Crippen molar-refractivity contribution in [3.63, 3.8) is 0 Å². The van der Waals surface area contributed by atoms with E-state index < -0.39 is 0 Å². The largest absolute Gasteiger partial charge is 0.384 e. The number of ether oxygens (including phenoxy) is 1. The monoisotopic (exact) mass is 267 g/mol. The number of nitrogens with one attached hydrogen (secondary N) is 1. The molecule has 1 fully saturated rings. The van der Waals surface area contributed by atoms with Crippen LogP contribution in [0.1, 0.15) is 18.1 Å². The maximum atomic E-state index is 5.20. The fraction of sp³-hybridized carbons (Fsp3) is 0.750. The predicted molar refractivity (Wildman–Crippen MR) is 70.8 cm³/mol. The van der Waals surface area contributed by atoms with E-state index in [1.54, 1.807) is 21.1 Å². The zero-order valence-corrected chi connectivity index (χ0v) is 11.7. The van der Waals surface area contributed by atoms with Crippen LogP contribution in [0.15, 0.2) is 9.52 Å². The maximum Gasteiger partial charge on any atom is 0.246 e. The molecule has 2 rings (SSSR count). The second-order valence-electron chi connectivity index (χ2n) is 4.69. The van der Waals surface area contributed by atoms with Gasteiger partial charge in [-0.15, -0.1) is 0 Å². The Morgan fingerprint density at radius 2 is 2.47 bits per heavy atom. The lowest BCUT2D eigenvalue weighted by Crippen LogP contribution is -2.39. The molecule has 0 saturated carbocycles. The summed E-state index contributed by atoms with van der Waals surface area (Å²) >= 11 is 0. The fourth-order valence-electron chi connectivity index (χ4n) is 2.30. The van der Waals surface area contributed by atoms with Gasteiger partial charge < -0.3 is 19.5 Å². The van der Waals surface area contributed by atoms with Gasteiger partial charge in [-0.3, -0.25) is 4.99 Å². The van der Waals surface area contributed by atoms with E-state index in [1.165, 1.54) is 0 Å².